The Morgan fingerprint density at radius 1 is 1.07 bits per heavy atom. The molecule has 144 valence electrons. The number of benzene rings is 1. The first-order valence-corrected chi connectivity index (χ1v) is 9.06. The van der Waals surface area contributed by atoms with Gasteiger partial charge < -0.3 is 25.3 Å². The number of esters is 1. The highest BCUT2D eigenvalue weighted by atomic mass is 32.1. The van der Waals surface area contributed by atoms with Crippen LogP contribution in [0.2, 0.25) is 0 Å². The maximum absolute atomic E-state index is 11.8. The summed E-state index contributed by atoms with van der Waals surface area (Å²) in [5.41, 5.74) is 5.40. The van der Waals surface area contributed by atoms with Crippen molar-refractivity contribution in [2.24, 2.45) is 5.73 Å². The van der Waals surface area contributed by atoms with E-state index in [1.807, 2.05) is 6.92 Å². The summed E-state index contributed by atoms with van der Waals surface area (Å²) < 4.78 is 15.8. The average Bonchev–Trinajstić information content (AvgIpc) is 3.12. The first kappa shape index (κ1) is 20.2. The molecule has 0 atom stereocenters. The number of carbonyl (C=O) groups excluding carboxylic acids is 3. The van der Waals surface area contributed by atoms with Crippen molar-refractivity contribution in [3.05, 3.63) is 41.3 Å². The van der Waals surface area contributed by atoms with E-state index < -0.39 is 24.4 Å². The number of hydrogen-bond donors (Lipinski definition) is 2. The van der Waals surface area contributed by atoms with Crippen LogP contribution in [0.25, 0.3) is 0 Å². The topological polar surface area (TPSA) is 117 Å². The Morgan fingerprint density at radius 3 is 2.44 bits per heavy atom. The van der Waals surface area contributed by atoms with E-state index >= 15 is 0 Å². The molecule has 0 spiro atoms. The molecule has 0 saturated carbocycles. The van der Waals surface area contributed by atoms with Gasteiger partial charge in [0.05, 0.1) is 12.2 Å². The van der Waals surface area contributed by atoms with Gasteiger partial charge in [-0.3, -0.25) is 9.59 Å². The SMILES string of the molecule is CCCOc1ccccc1OCC(=O)OCC(=O)Nc1sccc1C(N)=O. The van der Waals surface area contributed by atoms with Gasteiger partial charge in [0.2, 0.25) is 0 Å². The average molecular weight is 392 g/mol. The molecule has 3 N–H and O–H groups in total. The fourth-order valence-electron chi connectivity index (χ4n) is 1.99. The van der Waals surface area contributed by atoms with E-state index in [0.29, 0.717) is 23.1 Å². The van der Waals surface area contributed by atoms with Crippen molar-refractivity contribution in [1.82, 2.24) is 0 Å². The molecule has 2 amide bonds. The molecule has 0 aliphatic carbocycles. The minimum absolute atomic E-state index is 0.201. The molecule has 0 aliphatic rings. The van der Waals surface area contributed by atoms with E-state index in [2.05, 4.69) is 5.32 Å². The molecule has 0 unspecified atom stereocenters. The summed E-state index contributed by atoms with van der Waals surface area (Å²) in [4.78, 5) is 34.8. The molecule has 9 heteroatoms. The predicted octanol–water partition coefficient (Wildman–Crippen LogP) is 2.20. The molecule has 27 heavy (non-hydrogen) atoms. The third-order valence-electron chi connectivity index (χ3n) is 3.20. The standard InChI is InChI=1S/C18H20N2O6S/c1-2-8-24-13-5-3-4-6-14(13)25-11-16(22)26-10-15(21)20-18-12(17(19)23)7-9-27-18/h3-7,9H,2,8,10-11H2,1H3,(H2,19,23)(H,20,21). The molecule has 1 heterocycles. The number of nitrogens with one attached hydrogen (secondary N) is 1. The number of rotatable bonds is 10. The van der Waals surface area contributed by atoms with Crippen LogP contribution in [0.1, 0.15) is 23.7 Å². The molecule has 2 aromatic rings. The smallest absolute Gasteiger partial charge is 0.344 e. The van der Waals surface area contributed by atoms with Crippen molar-refractivity contribution < 1.29 is 28.6 Å². The quantitative estimate of drug-likeness (QED) is 0.599. The Morgan fingerprint density at radius 2 is 1.78 bits per heavy atom. The largest absolute Gasteiger partial charge is 0.490 e. The number of para-hydroxylation sites is 2. The molecule has 0 radical (unpaired) electrons. The first-order chi connectivity index (χ1) is 13.0. The van der Waals surface area contributed by atoms with Crippen molar-refractivity contribution in [3.63, 3.8) is 0 Å². The first-order valence-electron chi connectivity index (χ1n) is 8.18. The lowest BCUT2D eigenvalue weighted by atomic mass is 10.3. The van der Waals surface area contributed by atoms with E-state index in [0.717, 1.165) is 17.8 Å². The maximum Gasteiger partial charge on any atom is 0.344 e. The minimum Gasteiger partial charge on any atom is -0.490 e. The van der Waals surface area contributed by atoms with Crippen LogP contribution in [0.3, 0.4) is 0 Å². The zero-order valence-electron chi connectivity index (χ0n) is 14.7. The van der Waals surface area contributed by atoms with Crippen LogP contribution in [0, 0.1) is 0 Å². The van der Waals surface area contributed by atoms with E-state index in [1.54, 1.807) is 29.6 Å². The molecule has 0 bridgehead atoms. The van der Waals surface area contributed by atoms with Gasteiger partial charge in [0.25, 0.3) is 11.8 Å². The number of thiophene rings is 1. The highest BCUT2D eigenvalue weighted by molar-refractivity contribution is 7.14. The molecule has 2 rings (SSSR count). The number of ether oxygens (including phenoxy) is 3. The number of nitrogens with two attached hydrogens (primary N) is 1. The number of hydrogen-bond acceptors (Lipinski definition) is 7. The van der Waals surface area contributed by atoms with Crippen molar-refractivity contribution >= 4 is 34.1 Å². The molecule has 8 nitrogen and oxygen atoms in total. The molecular weight excluding hydrogens is 372 g/mol. The highest BCUT2D eigenvalue weighted by Crippen LogP contribution is 2.26. The lowest BCUT2D eigenvalue weighted by Gasteiger charge is -2.12. The van der Waals surface area contributed by atoms with Gasteiger partial charge in [-0.1, -0.05) is 19.1 Å². The monoisotopic (exact) mass is 392 g/mol. The van der Waals surface area contributed by atoms with Crippen molar-refractivity contribution in [2.75, 3.05) is 25.1 Å². The second kappa shape index (κ2) is 10.2. The van der Waals surface area contributed by atoms with Crippen LogP contribution in [0.5, 0.6) is 11.5 Å². The zero-order chi connectivity index (χ0) is 19.6. The summed E-state index contributed by atoms with van der Waals surface area (Å²) in [6.07, 6.45) is 0.840. The van der Waals surface area contributed by atoms with Gasteiger partial charge in [-0.15, -0.1) is 11.3 Å². The van der Waals surface area contributed by atoms with Gasteiger partial charge >= 0.3 is 5.97 Å². The third-order valence-corrected chi connectivity index (χ3v) is 4.03. The van der Waals surface area contributed by atoms with Gasteiger partial charge in [-0.05, 0) is 30.0 Å². The van der Waals surface area contributed by atoms with Crippen molar-refractivity contribution in [2.45, 2.75) is 13.3 Å². The molecule has 1 aromatic heterocycles. The normalized spacial score (nSPS) is 10.1. The predicted molar refractivity (Wildman–Crippen MR) is 100 cm³/mol. The van der Waals surface area contributed by atoms with E-state index in [-0.39, 0.29) is 12.2 Å². The number of carbonyl (C=O) groups is 3. The Bertz CT molecular complexity index is 805. The summed E-state index contributed by atoms with van der Waals surface area (Å²) >= 11 is 1.14. The van der Waals surface area contributed by atoms with Gasteiger partial charge in [0.1, 0.15) is 5.00 Å². The summed E-state index contributed by atoms with van der Waals surface area (Å²) in [6.45, 7) is 1.63. The fourth-order valence-corrected chi connectivity index (χ4v) is 2.80. The number of amides is 2. The van der Waals surface area contributed by atoms with E-state index in [9.17, 15) is 14.4 Å². The lowest BCUT2D eigenvalue weighted by Crippen LogP contribution is -2.24. The zero-order valence-corrected chi connectivity index (χ0v) is 15.5. The molecule has 0 aliphatic heterocycles. The minimum atomic E-state index is -0.711. The Balaban J connectivity index is 1.79. The Kier molecular flexibility index (Phi) is 7.63. The van der Waals surface area contributed by atoms with Crippen LogP contribution < -0.4 is 20.5 Å². The van der Waals surface area contributed by atoms with Crippen LogP contribution in [-0.2, 0) is 14.3 Å². The van der Waals surface area contributed by atoms with Crippen LogP contribution in [0.15, 0.2) is 35.7 Å². The third kappa shape index (κ3) is 6.30. The Hall–Kier alpha value is -3.07. The molecular formula is C18H20N2O6S. The van der Waals surface area contributed by atoms with Gasteiger partial charge in [0, 0.05) is 0 Å². The molecule has 0 saturated heterocycles. The highest BCUT2D eigenvalue weighted by Gasteiger charge is 2.14. The number of anilines is 1. The Labute approximate surface area is 160 Å². The van der Waals surface area contributed by atoms with Crippen molar-refractivity contribution in [3.8, 4) is 11.5 Å². The van der Waals surface area contributed by atoms with Crippen LogP contribution in [0.4, 0.5) is 5.00 Å². The van der Waals surface area contributed by atoms with Crippen LogP contribution in [-0.4, -0.2) is 37.6 Å². The summed E-state index contributed by atoms with van der Waals surface area (Å²) in [6, 6.07) is 8.46. The lowest BCUT2D eigenvalue weighted by molar-refractivity contribution is -0.149. The second-order valence-electron chi connectivity index (χ2n) is 5.32. The second-order valence-corrected chi connectivity index (χ2v) is 6.24. The summed E-state index contributed by atoms with van der Waals surface area (Å²) in [5.74, 6) is -1.00. The number of primary amides is 1. The molecule has 1 aromatic carbocycles. The molecule has 0 fully saturated rings. The van der Waals surface area contributed by atoms with Gasteiger partial charge in [-0.25, -0.2) is 4.79 Å². The summed E-state index contributed by atoms with van der Waals surface area (Å²) in [7, 11) is 0. The van der Waals surface area contributed by atoms with Gasteiger partial charge in [0.15, 0.2) is 24.7 Å². The van der Waals surface area contributed by atoms with E-state index in [1.165, 1.54) is 6.07 Å². The van der Waals surface area contributed by atoms with Crippen LogP contribution >= 0.6 is 11.3 Å². The maximum atomic E-state index is 11.8. The fraction of sp³-hybridized carbons (Fsp3) is 0.278. The van der Waals surface area contributed by atoms with Gasteiger partial charge in [-0.2, -0.15) is 0 Å². The van der Waals surface area contributed by atoms with E-state index in [4.69, 9.17) is 19.9 Å². The summed E-state index contributed by atoms with van der Waals surface area (Å²) in [5, 5.41) is 4.40. The van der Waals surface area contributed by atoms with Crippen molar-refractivity contribution in [1.29, 1.82) is 0 Å².